The van der Waals surface area contributed by atoms with Gasteiger partial charge in [-0.25, -0.2) is 9.59 Å². The number of carbonyl (C=O) groups is 2. The van der Waals surface area contributed by atoms with Crippen molar-refractivity contribution in [2.75, 3.05) is 13.1 Å². The zero-order valence-corrected chi connectivity index (χ0v) is 25.5. The van der Waals surface area contributed by atoms with Crippen molar-refractivity contribution in [3.05, 3.63) is 34.4 Å². The fraction of sp³-hybridized carbons (Fsp3) is 0.788. The molecule has 10 atom stereocenters. The van der Waals surface area contributed by atoms with Crippen molar-refractivity contribution in [3.63, 3.8) is 0 Å². The van der Waals surface area contributed by atoms with Crippen LogP contribution in [0.5, 0.6) is 0 Å². The Kier molecular flexibility index (Phi) is 7.74. The SMILES string of the molecule is CC(=O)OC1CC2(O)C3CCC4CC(OC(=O)OC(C)N5CCCC5)CCC4(C)C3CCC2(C)C1c1ccc(=O)oc1. The minimum absolute atomic E-state index is 0.0289. The molecule has 10 unspecified atom stereocenters. The van der Waals surface area contributed by atoms with Gasteiger partial charge in [0.2, 0.25) is 0 Å². The van der Waals surface area contributed by atoms with Gasteiger partial charge in [-0.1, -0.05) is 13.8 Å². The van der Waals surface area contributed by atoms with Crippen molar-refractivity contribution >= 4 is 12.1 Å². The molecule has 1 N–H and O–H groups in total. The van der Waals surface area contributed by atoms with Gasteiger partial charge in [0, 0.05) is 43.8 Å². The van der Waals surface area contributed by atoms with Crippen LogP contribution in [0, 0.1) is 28.6 Å². The van der Waals surface area contributed by atoms with E-state index in [0.29, 0.717) is 18.3 Å². The summed E-state index contributed by atoms with van der Waals surface area (Å²) in [6, 6.07) is 3.16. The highest BCUT2D eigenvalue weighted by Gasteiger charge is 2.70. The molecular formula is C33H47NO8. The summed E-state index contributed by atoms with van der Waals surface area (Å²) in [6.07, 6.45) is 8.80. The Labute approximate surface area is 248 Å². The molecule has 6 rings (SSSR count). The molecule has 0 bridgehead atoms. The number of ether oxygens (including phenoxy) is 3. The van der Waals surface area contributed by atoms with Gasteiger partial charge in [-0.15, -0.1) is 0 Å². The first kappa shape index (κ1) is 29.7. The van der Waals surface area contributed by atoms with E-state index in [4.69, 9.17) is 18.6 Å². The van der Waals surface area contributed by atoms with Crippen molar-refractivity contribution in [1.82, 2.24) is 4.90 Å². The summed E-state index contributed by atoms with van der Waals surface area (Å²) in [6.45, 7) is 9.75. The Morgan fingerprint density at radius 1 is 1.05 bits per heavy atom. The van der Waals surface area contributed by atoms with Gasteiger partial charge in [0.15, 0.2) is 6.23 Å². The van der Waals surface area contributed by atoms with Gasteiger partial charge in [-0.2, -0.15) is 0 Å². The van der Waals surface area contributed by atoms with E-state index in [1.54, 1.807) is 6.07 Å². The number of nitrogens with zero attached hydrogens (tertiary/aromatic N) is 1. The molecule has 9 nitrogen and oxygen atoms in total. The van der Waals surface area contributed by atoms with Crippen molar-refractivity contribution in [2.45, 2.75) is 122 Å². The normalized spacial score (nSPS) is 42.1. The first-order valence-electron chi connectivity index (χ1n) is 16.0. The Hall–Kier alpha value is -2.39. The third kappa shape index (κ3) is 4.88. The Bertz CT molecular complexity index is 1220. The average molecular weight is 586 g/mol. The number of hydrogen-bond acceptors (Lipinski definition) is 9. The number of carbonyl (C=O) groups excluding carboxylic acids is 2. The third-order valence-electron chi connectivity index (χ3n) is 12.4. The quantitative estimate of drug-likeness (QED) is 0.454. The number of aliphatic hydroxyl groups is 1. The molecule has 1 aromatic rings. The lowest BCUT2D eigenvalue weighted by atomic mass is 9.43. The standard InChI is InChI=1S/C33H47NO8/c1-20(34-15-5-6-16-34)40-30(37)42-24-11-13-31(3)23(17-24)8-9-26-25(31)12-14-32(4)29(22-7-10-28(36)39-19-22)27(41-21(2)35)18-33(26,32)38/h7,10,19-20,23-27,29,38H,5-6,8-9,11-18H2,1-4H3. The molecule has 0 spiro atoms. The lowest BCUT2D eigenvalue weighted by Gasteiger charge is -2.63. The van der Waals surface area contributed by atoms with Crippen LogP contribution in [-0.2, 0) is 19.0 Å². The molecule has 9 heteroatoms. The second-order valence-corrected chi connectivity index (χ2v) is 14.3. The molecule has 0 amide bonds. The highest BCUT2D eigenvalue weighted by atomic mass is 16.7. The molecular weight excluding hydrogens is 538 g/mol. The fourth-order valence-corrected chi connectivity index (χ4v) is 10.2. The number of likely N-dealkylation sites (tertiary alicyclic amines) is 1. The zero-order chi connectivity index (χ0) is 29.9. The summed E-state index contributed by atoms with van der Waals surface area (Å²) in [5.74, 6) is 0.162. The van der Waals surface area contributed by atoms with Gasteiger partial charge in [0.25, 0.3) is 0 Å². The average Bonchev–Trinajstić information content (AvgIpc) is 3.54. The molecule has 1 aliphatic heterocycles. The number of esters is 1. The van der Waals surface area contributed by atoms with Gasteiger partial charge in [0.05, 0.1) is 11.9 Å². The largest absolute Gasteiger partial charge is 0.510 e. The maximum absolute atomic E-state index is 12.7. The minimum atomic E-state index is -1.02. The van der Waals surface area contributed by atoms with Crippen LogP contribution < -0.4 is 5.63 Å². The van der Waals surface area contributed by atoms with Crippen LogP contribution in [-0.4, -0.2) is 59.3 Å². The van der Waals surface area contributed by atoms with E-state index in [0.717, 1.165) is 76.4 Å². The fourth-order valence-electron chi connectivity index (χ4n) is 10.2. The smallest absolute Gasteiger partial charge is 0.462 e. The van der Waals surface area contributed by atoms with Gasteiger partial charge < -0.3 is 23.7 Å². The molecule has 232 valence electrons. The number of fused-ring (bicyclic) bond motifs is 5. The summed E-state index contributed by atoms with van der Waals surface area (Å²) in [4.78, 5) is 38.7. The van der Waals surface area contributed by atoms with E-state index in [2.05, 4.69) is 18.7 Å². The minimum Gasteiger partial charge on any atom is -0.462 e. The van der Waals surface area contributed by atoms with Crippen molar-refractivity contribution in [1.29, 1.82) is 0 Å². The van der Waals surface area contributed by atoms with Crippen molar-refractivity contribution in [3.8, 4) is 0 Å². The summed E-state index contributed by atoms with van der Waals surface area (Å²) in [7, 11) is 0. The van der Waals surface area contributed by atoms with Gasteiger partial charge in [-0.3, -0.25) is 9.69 Å². The lowest BCUT2D eigenvalue weighted by molar-refractivity contribution is -0.206. The first-order chi connectivity index (χ1) is 19.9. The predicted octanol–water partition coefficient (Wildman–Crippen LogP) is 5.39. The van der Waals surface area contributed by atoms with Crippen molar-refractivity contribution < 1.29 is 33.3 Å². The summed E-state index contributed by atoms with van der Waals surface area (Å²) in [5, 5.41) is 12.7. The molecule has 1 aromatic heterocycles. The molecule has 0 radical (unpaired) electrons. The van der Waals surface area contributed by atoms with Crippen molar-refractivity contribution in [2.24, 2.45) is 28.6 Å². The van der Waals surface area contributed by atoms with E-state index in [1.807, 2.05) is 6.92 Å². The Balaban J connectivity index is 1.18. The van der Waals surface area contributed by atoms with Crippen LogP contribution in [0.25, 0.3) is 0 Å². The molecule has 4 saturated carbocycles. The first-order valence-corrected chi connectivity index (χ1v) is 16.0. The summed E-state index contributed by atoms with van der Waals surface area (Å²) in [5.41, 5.74) is -1.16. The Morgan fingerprint density at radius 3 is 2.50 bits per heavy atom. The molecule has 0 aromatic carbocycles. The maximum Gasteiger partial charge on any atom is 0.510 e. The second kappa shape index (κ2) is 11.0. The van der Waals surface area contributed by atoms with E-state index in [9.17, 15) is 19.5 Å². The highest BCUT2D eigenvalue weighted by Crippen LogP contribution is 2.71. The van der Waals surface area contributed by atoms with Gasteiger partial charge in [-0.05, 0) is 99.5 Å². The van der Waals surface area contributed by atoms with Gasteiger partial charge in [0.1, 0.15) is 12.2 Å². The van der Waals surface area contributed by atoms with Crippen LogP contribution >= 0.6 is 0 Å². The molecule has 2 heterocycles. The molecule has 4 aliphatic carbocycles. The second-order valence-electron chi connectivity index (χ2n) is 14.3. The Morgan fingerprint density at radius 2 is 1.81 bits per heavy atom. The summed E-state index contributed by atoms with van der Waals surface area (Å²) < 4.78 is 22.6. The number of rotatable bonds is 5. The lowest BCUT2D eigenvalue weighted by Crippen LogP contribution is -2.62. The van der Waals surface area contributed by atoms with Crippen LogP contribution in [0.4, 0.5) is 4.79 Å². The third-order valence-corrected chi connectivity index (χ3v) is 12.4. The van der Waals surface area contributed by atoms with E-state index in [-0.39, 0.29) is 35.6 Å². The summed E-state index contributed by atoms with van der Waals surface area (Å²) >= 11 is 0. The molecule has 1 saturated heterocycles. The van der Waals surface area contributed by atoms with Crippen LogP contribution in [0.1, 0.15) is 103 Å². The van der Waals surface area contributed by atoms with E-state index < -0.39 is 28.9 Å². The topological polar surface area (TPSA) is 116 Å². The molecule has 5 fully saturated rings. The van der Waals surface area contributed by atoms with E-state index in [1.165, 1.54) is 19.3 Å². The molecule has 5 aliphatic rings. The molecule has 42 heavy (non-hydrogen) atoms. The van der Waals surface area contributed by atoms with Crippen LogP contribution in [0.2, 0.25) is 0 Å². The monoisotopic (exact) mass is 585 g/mol. The predicted molar refractivity (Wildman–Crippen MR) is 153 cm³/mol. The zero-order valence-electron chi connectivity index (χ0n) is 25.5. The van der Waals surface area contributed by atoms with Crippen LogP contribution in [0.15, 0.2) is 27.6 Å². The number of hydrogen-bond donors (Lipinski definition) is 1. The van der Waals surface area contributed by atoms with E-state index >= 15 is 0 Å². The highest BCUT2D eigenvalue weighted by molar-refractivity contribution is 5.66. The van der Waals surface area contributed by atoms with Gasteiger partial charge >= 0.3 is 17.8 Å². The van der Waals surface area contributed by atoms with Crippen LogP contribution in [0.3, 0.4) is 0 Å². The maximum atomic E-state index is 12.7.